The minimum atomic E-state index is -1.18. The van der Waals surface area contributed by atoms with Gasteiger partial charge >= 0.3 is 12.1 Å². The summed E-state index contributed by atoms with van der Waals surface area (Å²) in [5.41, 5.74) is -0.663. The molecule has 0 saturated carbocycles. The van der Waals surface area contributed by atoms with Gasteiger partial charge in [0, 0.05) is 6.42 Å². The molecule has 0 aromatic rings. The van der Waals surface area contributed by atoms with Gasteiger partial charge in [-0.25, -0.2) is 9.59 Å². The number of alkyl carbamates (subject to hydrolysis) is 1. The standard InChI is InChI=1S/C10H15NO4/c1-5-6-7(8(12)13)11-9(14)15-10(2,3)4/h1,7H,6H2,2-4H3,(H,11,14)(H,12,13)/t7-/m1/s1. The first-order valence-corrected chi connectivity index (χ1v) is 4.42. The fourth-order valence-electron chi connectivity index (χ4n) is 0.768. The highest BCUT2D eigenvalue weighted by Gasteiger charge is 2.22. The highest BCUT2D eigenvalue weighted by Crippen LogP contribution is 2.07. The third-order valence-electron chi connectivity index (χ3n) is 1.31. The molecule has 1 atom stereocenters. The Kier molecular flexibility index (Phi) is 4.65. The molecule has 0 bridgehead atoms. The number of aliphatic carboxylic acids is 1. The summed E-state index contributed by atoms with van der Waals surface area (Å²) < 4.78 is 4.88. The first kappa shape index (κ1) is 13.3. The molecule has 0 spiro atoms. The molecule has 15 heavy (non-hydrogen) atoms. The van der Waals surface area contributed by atoms with Crippen LogP contribution in [0.4, 0.5) is 4.79 Å². The second-order valence-electron chi connectivity index (χ2n) is 3.95. The van der Waals surface area contributed by atoms with E-state index in [9.17, 15) is 9.59 Å². The average Bonchev–Trinajstić information content (AvgIpc) is 1.99. The number of carbonyl (C=O) groups excluding carboxylic acids is 1. The molecule has 0 unspecified atom stereocenters. The number of amides is 1. The Morgan fingerprint density at radius 2 is 2.07 bits per heavy atom. The fraction of sp³-hybridized carbons (Fsp3) is 0.600. The number of rotatable bonds is 3. The van der Waals surface area contributed by atoms with Crippen molar-refractivity contribution in [1.82, 2.24) is 5.32 Å². The van der Waals surface area contributed by atoms with Gasteiger partial charge in [0.1, 0.15) is 11.6 Å². The van der Waals surface area contributed by atoms with E-state index in [1.54, 1.807) is 20.8 Å². The van der Waals surface area contributed by atoms with Gasteiger partial charge in [0.05, 0.1) is 0 Å². The molecule has 0 fully saturated rings. The van der Waals surface area contributed by atoms with Gasteiger partial charge in [-0.1, -0.05) is 0 Å². The van der Waals surface area contributed by atoms with Crippen molar-refractivity contribution in [3.8, 4) is 12.3 Å². The molecule has 0 aliphatic heterocycles. The van der Waals surface area contributed by atoms with Gasteiger partial charge in [-0.15, -0.1) is 12.3 Å². The minimum absolute atomic E-state index is 0.0748. The van der Waals surface area contributed by atoms with E-state index < -0.39 is 23.7 Å². The number of hydrogen-bond acceptors (Lipinski definition) is 3. The Labute approximate surface area is 88.8 Å². The summed E-state index contributed by atoms with van der Waals surface area (Å²) in [5.74, 6) is 0.985. The SMILES string of the molecule is C#CC[C@@H](NC(=O)OC(C)(C)C)C(=O)O. The molecule has 5 heteroatoms. The van der Waals surface area contributed by atoms with E-state index in [2.05, 4.69) is 11.2 Å². The van der Waals surface area contributed by atoms with Crippen LogP contribution in [-0.2, 0) is 9.53 Å². The van der Waals surface area contributed by atoms with Gasteiger partial charge in [0.25, 0.3) is 0 Å². The molecule has 0 saturated heterocycles. The minimum Gasteiger partial charge on any atom is -0.480 e. The van der Waals surface area contributed by atoms with Crippen molar-refractivity contribution < 1.29 is 19.4 Å². The maximum atomic E-state index is 11.2. The lowest BCUT2D eigenvalue weighted by atomic mass is 10.2. The highest BCUT2D eigenvalue weighted by molar-refractivity contribution is 5.80. The number of carbonyl (C=O) groups is 2. The van der Waals surface area contributed by atoms with E-state index in [0.29, 0.717) is 0 Å². The lowest BCUT2D eigenvalue weighted by Crippen LogP contribution is -2.43. The molecule has 0 aliphatic carbocycles. The number of carboxylic acids is 1. The van der Waals surface area contributed by atoms with E-state index in [0.717, 1.165) is 0 Å². The molecule has 84 valence electrons. The van der Waals surface area contributed by atoms with Gasteiger partial charge < -0.3 is 15.2 Å². The monoisotopic (exact) mass is 213 g/mol. The molecule has 2 N–H and O–H groups in total. The molecule has 0 aromatic heterocycles. The highest BCUT2D eigenvalue weighted by atomic mass is 16.6. The number of nitrogens with one attached hydrogen (secondary N) is 1. The molecular weight excluding hydrogens is 198 g/mol. The van der Waals surface area contributed by atoms with Crippen LogP contribution in [0.25, 0.3) is 0 Å². The normalized spacial score (nSPS) is 12.4. The summed E-state index contributed by atoms with van der Waals surface area (Å²) in [5, 5.41) is 10.9. The number of ether oxygens (including phenoxy) is 1. The Bertz CT molecular complexity index is 285. The van der Waals surface area contributed by atoms with Gasteiger partial charge in [-0.2, -0.15) is 0 Å². The lowest BCUT2D eigenvalue weighted by Gasteiger charge is -2.21. The molecule has 0 aromatic carbocycles. The van der Waals surface area contributed by atoms with Crippen LogP contribution in [0, 0.1) is 12.3 Å². The Morgan fingerprint density at radius 3 is 2.40 bits per heavy atom. The zero-order chi connectivity index (χ0) is 12.1. The molecular formula is C10H15NO4. The summed E-state index contributed by atoms with van der Waals surface area (Å²) in [6.45, 7) is 5.05. The zero-order valence-electron chi connectivity index (χ0n) is 9.03. The zero-order valence-corrected chi connectivity index (χ0v) is 9.03. The van der Waals surface area contributed by atoms with Crippen molar-refractivity contribution in [2.24, 2.45) is 0 Å². The molecule has 0 rings (SSSR count). The average molecular weight is 213 g/mol. The third-order valence-corrected chi connectivity index (χ3v) is 1.31. The van der Waals surface area contributed by atoms with Crippen LogP contribution in [0.1, 0.15) is 27.2 Å². The first-order valence-electron chi connectivity index (χ1n) is 4.42. The van der Waals surface area contributed by atoms with E-state index >= 15 is 0 Å². The Morgan fingerprint density at radius 1 is 1.53 bits per heavy atom. The molecule has 1 amide bonds. The van der Waals surface area contributed by atoms with Crippen molar-refractivity contribution in [3.05, 3.63) is 0 Å². The van der Waals surface area contributed by atoms with E-state index in [1.165, 1.54) is 0 Å². The van der Waals surface area contributed by atoms with Crippen LogP contribution >= 0.6 is 0 Å². The van der Waals surface area contributed by atoms with Crippen LogP contribution in [-0.4, -0.2) is 28.8 Å². The second-order valence-corrected chi connectivity index (χ2v) is 3.95. The Hall–Kier alpha value is -1.70. The lowest BCUT2D eigenvalue weighted by molar-refractivity contribution is -0.139. The van der Waals surface area contributed by atoms with Gasteiger partial charge in [0.15, 0.2) is 0 Å². The maximum absolute atomic E-state index is 11.2. The smallest absolute Gasteiger partial charge is 0.408 e. The number of carboxylic acid groups (broad SMARTS) is 1. The fourth-order valence-corrected chi connectivity index (χ4v) is 0.768. The second kappa shape index (κ2) is 5.25. The van der Waals surface area contributed by atoms with Crippen molar-refractivity contribution in [2.75, 3.05) is 0 Å². The summed E-state index contributed by atoms with van der Waals surface area (Å²) in [4.78, 5) is 21.8. The van der Waals surface area contributed by atoms with Gasteiger partial charge in [-0.05, 0) is 20.8 Å². The van der Waals surface area contributed by atoms with Gasteiger partial charge in [0.2, 0.25) is 0 Å². The van der Waals surface area contributed by atoms with Crippen LogP contribution in [0.3, 0.4) is 0 Å². The van der Waals surface area contributed by atoms with Crippen molar-refractivity contribution >= 4 is 12.1 Å². The summed E-state index contributed by atoms with van der Waals surface area (Å²) >= 11 is 0. The van der Waals surface area contributed by atoms with Crippen molar-refractivity contribution in [1.29, 1.82) is 0 Å². The molecule has 0 aliphatic rings. The van der Waals surface area contributed by atoms with Crippen molar-refractivity contribution in [2.45, 2.75) is 38.8 Å². The largest absolute Gasteiger partial charge is 0.480 e. The van der Waals surface area contributed by atoms with Crippen LogP contribution in [0.5, 0.6) is 0 Å². The predicted molar refractivity (Wildman–Crippen MR) is 54.2 cm³/mol. The quantitative estimate of drug-likeness (QED) is 0.685. The van der Waals surface area contributed by atoms with E-state index in [-0.39, 0.29) is 6.42 Å². The summed E-state index contributed by atoms with van der Waals surface area (Å²) in [6, 6.07) is -1.11. The summed E-state index contributed by atoms with van der Waals surface area (Å²) in [6.07, 6.45) is 4.10. The molecule has 0 heterocycles. The predicted octanol–water partition coefficient (Wildman–Crippen LogP) is 0.988. The van der Waals surface area contributed by atoms with Crippen molar-refractivity contribution in [3.63, 3.8) is 0 Å². The third kappa shape index (κ3) is 6.38. The summed E-state index contributed by atoms with van der Waals surface area (Å²) in [7, 11) is 0. The van der Waals surface area contributed by atoms with E-state index in [4.69, 9.17) is 16.3 Å². The number of hydrogen-bond donors (Lipinski definition) is 2. The van der Waals surface area contributed by atoms with Crippen LogP contribution in [0.2, 0.25) is 0 Å². The first-order chi connectivity index (χ1) is 6.76. The van der Waals surface area contributed by atoms with Crippen LogP contribution in [0.15, 0.2) is 0 Å². The Balaban J connectivity index is 4.25. The molecule has 0 radical (unpaired) electrons. The topological polar surface area (TPSA) is 75.6 Å². The number of terminal acetylenes is 1. The van der Waals surface area contributed by atoms with Gasteiger partial charge in [-0.3, -0.25) is 0 Å². The molecule has 5 nitrogen and oxygen atoms in total. The maximum Gasteiger partial charge on any atom is 0.408 e. The van der Waals surface area contributed by atoms with E-state index in [1.807, 2.05) is 0 Å². The van der Waals surface area contributed by atoms with Crippen LogP contribution < -0.4 is 5.32 Å².